The van der Waals surface area contributed by atoms with Crippen LogP contribution in [0.25, 0.3) is 0 Å². The van der Waals surface area contributed by atoms with Crippen LogP contribution in [0.5, 0.6) is 0 Å². The summed E-state index contributed by atoms with van der Waals surface area (Å²) in [7, 11) is 0. The number of benzene rings is 2. The third-order valence-electron chi connectivity index (χ3n) is 6.38. The first-order valence-electron chi connectivity index (χ1n) is 12.1. The van der Waals surface area contributed by atoms with Crippen LogP contribution in [0, 0.1) is 11.6 Å². The number of piperazine rings is 1. The second-order valence-corrected chi connectivity index (χ2v) is 9.25. The van der Waals surface area contributed by atoms with Gasteiger partial charge in [0.2, 0.25) is 5.91 Å². The molecule has 4 rings (SSSR count). The van der Waals surface area contributed by atoms with Crippen LogP contribution < -0.4 is 21.3 Å². The van der Waals surface area contributed by atoms with Gasteiger partial charge in [-0.3, -0.25) is 9.69 Å². The summed E-state index contributed by atoms with van der Waals surface area (Å²) in [6, 6.07) is 13.8. The van der Waals surface area contributed by atoms with Crippen molar-refractivity contribution in [2.45, 2.75) is 32.9 Å². The van der Waals surface area contributed by atoms with Crippen molar-refractivity contribution >= 4 is 28.8 Å². The highest BCUT2D eigenvalue weighted by molar-refractivity contribution is 5.79. The van der Waals surface area contributed by atoms with Crippen molar-refractivity contribution in [3.8, 4) is 0 Å². The lowest BCUT2D eigenvalue weighted by Gasteiger charge is -2.38. The lowest BCUT2D eigenvalue weighted by molar-refractivity contribution is -0.117. The number of halogens is 2. The molecule has 9 heteroatoms. The first kappa shape index (κ1) is 25.4. The molecule has 3 aromatic rings. The number of nitrogens with one attached hydrogen (secondary N) is 2. The highest BCUT2D eigenvalue weighted by Gasteiger charge is 2.19. The molecule has 0 spiro atoms. The number of carbonyl (C=O) groups is 1. The minimum absolute atomic E-state index is 0.0278. The molecule has 1 fully saturated rings. The van der Waals surface area contributed by atoms with Gasteiger partial charge in [0, 0.05) is 79.2 Å². The van der Waals surface area contributed by atoms with E-state index in [1.165, 1.54) is 5.69 Å². The number of nitrogens with zero attached hydrogens (tertiary/aromatic N) is 3. The molecule has 0 bridgehead atoms. The summed E-state index contributed by atoms with van der Waals surface area (Å²) in [5, 5.41) is 6.36. The van der Waals surface area contributed by atoms with Crippen molar-refractivity contribution in [2.75, 3.05) is 41.7 Å². The summed E-state index contributed by atoms with van der Waals surface area (Å²) < 4.78 is 27.6. The maximum absolute atomic E-state index is 14.1. The van der Waals surface area contributed by atoms with E-state index in [4.69, 9.17) is 5.73 Å². The van der Waals surface area contributed by atoms with Crippen molar-refractivity contribution in [1.82, 2.24) is 9.88 Å². The van der Waals surface area contributed by atoms with Gasteiger partial charge in [0.05, 0.1) is 6.42 Å². The van der Waals surface area contributed by atoms with E-state index in [2.05, 4.69) is 51.4 Å². The fourth-order valence-electron chi connectivity index (χ4n) is 4.31. The van der Waals surface area contributed by atoms with Gasteiger partial charge in [-0.05, 0) is 56.3 Å². The van der Waals surface area contributed by atoms with Crippen LogP contribution in [0.3, 0.4) is 0 Å². The molecule has 36 heavy (non-hydrogen) atoms. The lowest BCUT2D eigenvalue weighted by Crippen LogP contribution is -2.48. The summed E-state index contributed by atoms with van der Waals surface area (Å²) >= 11 is 0. The topological polar surface area (TPSA) is 86.5 Å². The van der Waals surface area contributed by atoms with E-state index in [0.717, 1.165) is 50.1 Å². The van der Waals surface area contributed by atoms with Crippen LogP contribution in [0.4, 0.5) is 31.7 Å². The van der Waals surface area contributed by atoms with Crippen molar-refractivity contribution in [2.24, 2.45) is 5.73 Å². The van der Waals surface area contributed by atoms with E-state index in [9.17, 15) is 13.6 Å². The Labute approximate surface area is 210 Å². The molecule has 2 aromatic carbocycles. The van der Waals surface area contributed by atoms with Crippen molar-refractivity contribution in [1.29, 1.82) is 0 Å². The van der Waals surface area contributed by atoms with Gasteiger partial charge in [0.15, 0.2) is 0 Å². The van der Waals surface area contributed by atoms with E-state index >= 15 is 0 Å². The minimum Gasteiger partial charge on any atom is -0.380 e. The molecule has 0 saturated carbocycles. The SMILES string of the molecule is CC(C)N1CCN(c2ccc(Nc3cc(NCc4cc(F)ccc4F)c(CC(N)=O)cn3)cc2)CC1. The Bertz CT molecular complexity index is 1190. The molecular formula is C27H32F2N6O. The maximum Gasteiger partial charge on any atom is 0.221 e. The van der Waals surface area contributed by atoms with Gasteiger partial charge in [-0.1, -0.05) is 0 Å². The van der Waals surface area contributed by atoms with E-state index in [0.29, 0.717) is 23.1 Å². The normalized spacial score (nSPS) is 14.2. The monoisotopic (exact) mass is 494 g/mol. The fraction of sp³-hybridized carbons (Fsp3) is 0.333. The molecule has 0 unspecified atom stereocenters. The van der Waals surface area contributed by atoms with Gasteiger partial charge >= 0.3 is 0 Å². The first-order chi connectivity index (χ1) is 17.3. The number of amides is 1. The average molecular weight is 495 g/mol. The number of anilines is 4. The van der Waals surface area contributed by atoms with Crippen LogP contribution in [-0.2, 0) is 17.8 Å². The molecular weight excluding hydrogens is 462 g/mol. The molecule has 1 aromatic heterocycles. The summed E-state index contributed by atoms with van der Waals surface area (Å²) in [5.74, 6) is -1.00. The number of aromatic nitrogens is 1. The standard InChI is InChI=1S/C27H32F2N6O/c1-18(2)34-9-11-35(12-10-34)23-6-4-22(5-7-23)33-27-15-25(20(17-32-27)14-26(30)36)31-16-19-13-21(28)3-8-24(19)29/h3-8,13,15,17-18H,9-12,14,16H2,1-2H3,(H2,30,36)(H2,31,32,33). The average Bonchev–Trinajstić information content (AvgIpc) is 2.86. The van der Waals surface area contributed by atoms with Crippen LogP contribution in [0.2, 0.25) is 0 Å². The predicted octanol–water partition coefficient (Wildman–Crippen LogP) is 4.27. The Morgan fingerprint density at radius 1 is 1.03 bits per heavy atom. The molecule has 7 nitrogen and oxygen atoms in total. The zero-order valence-corrected chi connectivity index (χ0v) is 20.6. The van der Waals surface area contributed by atoms with Gasteiger partial charge < -0.3 is 21.3 Å². The number of pyridine rings is 1. The van der Waals surface area contributed by atoms with Gasteiger partial charge in [0.1, 0.15) is 17.5 Å². The van der Waals surface area contributed by atoms with Crippen molar-refractivity contribution < 1.29 is 13.6 Å². The van der Waals surface area contributed by atoms with Gasteiger partial charge in [0.25, 0.3) is 0 Å². The van der Waals surface area contributed by atoms with E-state index in [-0.39, 0.29) is 18.5 Å². The minimum atomic E-state index is -0.520. The Kier molecular flexibility index (Phi) is 8.00. The van der Waals surface area contributed by atoms with Gasteiger partial charge in [-0.15, -0.1) is 0 Å². The van der Waals surface area contributed by atoms with Crippen LogP contribution in [0.15, 0.2) is 54.7 Å². The molecule has 1 aliphatic heterocycles. The van der Waals surface area contributed by atoms with Crippen molar-refractivity contribution in [3.05, 3.63) is 77.5 Å². The summed E-state index contributed by atoms with van der Waals surface area (Å²) in [4.78, 5) is 20.8. The fourth-order valence-corrected chi connectivity index (χ4v) is 4.31. The highest BCUT2D eigenvalue weighted by atomic mass is 19.1. The summed E-state index contributed by atoms with van der Waals surface area (Å²) in [6.45, 7) is 8.58. The molecule has 190 valence electrons. The van der Waals surface area contributed by atoms with E-state index < -0.39 is 17.5 Å². The van der Waals surface area contributed by atoms with E-state index in [1.807, 2.05) is 12.1 Å². The molecule has 0 atom stereocenters. The molecule has 0 aliphatic carbocycles. The molecule has 1 saturated heterocycles. The zero-order chi connectivity index (χ0) is 25.7. The Balaban J connectivity index is 1.45. The highest BCUT2D eigenvalue weighted by Crippen LogP contribution is 2.25. The summed E-state index contributed by atoms with van der Waals surface area (Å²) in [6.07, 6.45) is 1.53. The number of hydrogen-bond donors (Lipinski definition) is 3. The number of hydrogen-bond acceptors (Lipinski definition) is 6. The van der Waals surface area contributed by atoms with Crippen LogP contribution in [0.1, 0.15) is 25.0 Å². The second kappa shape index (κ2) is 11.3. The lowest BCUT2D eigenvalue weighted by atomic mass is 10.1. The smallest absolute Gasteiger partial charge is 0.221 e. The third-order valence-corrected chi connectivity index (χ3v) is 6.38. The zero-order valence-electron chi connectivity index (χ0n) is 20.6. The molecule has 1 aliphatic rings. The number of primary amides is 1. The molecule has 0 radical (unpaired) electrons. The van der Waals surface area contributed by atoms with Crippen LogP contribution >= 0.6 is 0 Å². The quantitative estimate of drug-likeness (QED) is 0.412. The van der Waals surface area contributed by atoms with Crippen LogP contribution in [-0.4, -0.2) is 48.0 Å². The maximum atomic E-state index is 14.1. The number of carbonyl (C=O) groups excluding carboxylic acids is 1. The van der Waals surface area contributed by atoms with Gasteiger partial charge in [-0.2, -0.15) is 0 Å². The summed E-state index contributed by atoms with van der Waals surface area (Å²) in [5.41, 5.74) is 8.72. The number of rotatable bonds is 9. The Morgan fingerprint density at radius 2 is 1.75 bits per heavy atom. The molecule has 1 amide bonds. The van der Waals surface area contributed by atoms with E-state index in [1.54, 1.807) is 12.3 Å². The largest absolute Gasteiger partial charge is 0.380 e. The third kappa shape index (κ3) is 6.48. The molecule has 2 heterocycles. The molecule has 4 N–H and O–H groups in total. The Morgan fingerprint density at radius 3 is 2.42 bits per heavy atom. The van der Waals surface area contributed by atoms with Gasteiger partial charge in [-0.25, -0.2) is 13.8 Å². The van der Waals surface area contributed by atoms with Crippen molar-refractivity contribution in [3.63, 3.8) is 0 Å². The second-order valence-electron chi connectivity index (χ2n) is 9.25. The Hall–Kier alpha value is -3.72. The predicted molar refractivity (Wildman–Crippen MR) is 139 cm³/mol. The first-order valence-corrected chi connectivity index (χ1v) is 12.1. The number of nitrogens with two attached hydrogens (primary N) is 1.